The third-order valence-electron chi connectivity index (χ3n) is 3.61. The molecular formula is C17H26IN3O2. The van der Waals surface area contributed by atoms with Crippen LogP contribution in [0.2, 0.25) is 0 Å². The van der Waals surface area contributed by atoms with E-state index in [0.29, 0.717) is 18.3 Å². The highest BCUT2D eigenvalue weighted by molar-refractivity contribution is 14.0. The molecule has 1 aliphatic carbocycles. The maximum atomic E-state index is 9.60. The van der Waals surface area contributed by atoms with Crippen LogP contribution in [0.25, 0.3) is 0 Å². The van der Waals surface area contributed by atoms with Gasteiger partial charge in [0.05, 0.1) is 7.11 Å². The highest BCUT2D eigenvalue weighted by Gasteiger charge is 2.11. The second kappa shape index (κ2) is 10.4. The molecule has 0 spiro atoms. The number of hydrogen-bond acceptors (Lipinski definition) is 3. The van der Waals surface area contributed by atoms with E-state index in [0.717, 1.165) is 37.3 Å². The van der Waals surface area contributed by atoms with Crippen molar-refractivity contribution in [1.82, 2.24) is 10.6 Å². The zero-order valence-corrected chi connectivity index (χ0v) is 16.0. The molecule has 128 valence electrons. The van der Waals surface area contributed by atoms with Crippen LogP contribution in [0.4, 0.5) is 0 Å². The van der Waals surface area contributed by atoms with Gasteiger partial charge in [-0.05, 0) is 43.9 Å². The van der Waals surface area contributed by atoms with Crippen LogP contribution < -0.4 is 15.4 Å². The average molecular weight is 431 g/mol. The fraction of sp³-hybridized carbons (Fsp3) is 0.471. The highest BCUT2D eigenvalue weighted by atomic mass is 127. The predicted octanol–water partition coefficient (Wildman–Crippen LogP) is 2.84. The van der Waals surface area contributed by atoms with Gasteiger partial charge in [0, 0.05) is 19.1 Å². The van der Waals surface area contributed by atoms with Crippen LogP contribution in [0.5, 0.6) is 11.5 Å². The average Bonchev–Trinajstić information content (AvgIpc) is 3.02. The van der Waals surface area contributed by atoms with E-state index in [4.69, 9.17) is 4.74 Å². The first-order valence-corrected chi connectivity index (χ1v) is 7.78. The number of methoxy groups -OCH3 is 1. The van der Waals surface area contributed by atoms with E-state index in [1.807, 2.05) is 12.1 Å². The first-order valence-electron chi connectivity index (χ1n) is 7.78. The molecule has 0 unspecified atom stereocenters. The van der Waals surface area contributed by atoms with Crippen molar-refractivity contribution in [1.29, 1.82) is 0 Å². The summed E-state index contributed by atoms with van der Waals surface area (Å²) in [7, 11) is 1.56. The third-order valence-corrected chi connectivity index (χ3v) is 3.61. The van der Waals surface area contributed by atoms with Crippen LogP contribution in [-0.4, -0.2) is 37.3 Å². The predicted molar refractivity (Wildman–Crippen MR) is 105 cm³/mol. The maximum Gasteiger partial charge on any atom is 0.191 e. The van der Waals surface area contributed by atoms with Gasteiger partial charge in [-0.1, -0.05) is 18.2 Å². The van der Waals surface area contributed by atoms with E-state index in [-0.39, 0.29) is 29.7 Å². The number of nitrogens with one attached hydrogen (secondary N) is 2. The smallest absolute Gasteiger partial charge is 0.191 e. The molecule has 2 rings (SSSR count). The van der Waals surface area contributed by atoms with Gasteiger partial charge in [-0.3, -0.25) is 4.99 Å². The van der Waals surface area contributed by atoms with Crippen molar-refractivity contribution >= 4 is 29.9 Å². The standard InChI is InChI=1S/C17H25N3O2.HI/c1-3-18-17(20-14-6-4-5-7-14)19-11-10-13-8-9-15(21)16(12-13)22-2;/h4-5,8-9,12,14,21H,3,6-7,10-11H2,1-2H3,(H2,18,19,20);1H. The van der Waals surface area contributed by atoms with Gasteiger partial charge in [0.15, 0.2) is 17.5 Å². The van der Waals surface area contributed by atoms with Crippen molar-refractivity contribution in [3.63, 3.8) is 0 Å². The Balaban J connectivity index is 0.00000264. The minimum Gasteiger partial charge on any atom is -0.504 e. The van der Waals surface area contributed by atoms with E-state index >= 15 is 0 Å². The van der Waals surface area contributed by atoms with Crippen LogP contribution in [-0.2, 0) is 6.42 Å². The lowest BCUT2D eigenvalue weighted by atomic mass is 10.1. The number of halogens is 1. The number of guanidine groups is 1. The van der Waals surface area contributed by atoms with Gasteiger partial charge in [-0.2, -0.15) is 0 Å². The number of phenols is 1. The number of hydrogen-bond donors (Lipinski definition) is 3. The number of nitrogens with zero attached hydrogens (tertiary/aromatic N) is 1. The first-order chi connectivity index (χ1) is 10.7. The zero-order chi connectivity index (χ0) is 15.8. The SMILES string of the molecule is CCNC(=NCCc1ccc(O)c(OC)c1)NC1CC=CC1.I. The van der Waals surface area contributed by atoms with Crippen LogP contribution in [0.3, 0.4) is 0 Å². The lowest BCUT2D eigenvalue weighted by Crippen LogP contribution is -2.42. The molecule has 0 radical (unpaired) electrons. The Hall–Kier alpha value is -1.44. The van der Waals surface area contributed by atoms with Crippen LogP contribution >= 0.6 is 24.0 Å². The second-order valence-corrected chi connectivity index (χ2v) is 5.30. The Morgan fingerprint density at radius 1 is 1.35 bits per heavy atom. The number of aliphatic imine (C=N–C) groups is 1. The van der Waals surface area contributed by atoms with E-state index < -0.39 is 0 Å². The molecule has 1 aromatic rings. The van der Waals surface area contributed by atoms with Crippen LogP contribution in [0.15, 0.2) is 35.3 Å². The first kappa shape index (κ1) is 19.6. The Morgan fingerprint density at radius 3 is 2.74 bits per heavy atom. The highest BCUT2D eigenvalue weighted by Crippen LogP contribution is 2.26. The van der Waals surface area contributed by atoms with Crippen LogP contribution in [0, 0.1) is 0 Å². The van der Waals surface area contributed by atoms with E-state index in [1.54, 1.807) is 13.2 Å². The minimum absolute atomic E-state index is 0. The molecule has 0 atom stereocenters. The number of aromatic hydroxyl groups is 1. The van der Waals surface area contributed by atoms with E-state index in [2.05, 4.69) is 34.7 Å². The molecule has 0 heterocycles. The van der Waals surface area contributed by atoms with Gasteiger partial charge < -0.3 is 20.5 Å². The molecule has 23 heavy (non-hydrogen) atoms. The van der Waals surface area contributed by atoms with Gasteiger partial charge in [-0.25, -0.2) is 0 Å². The molecule has 0 saturated heterocycles. The van der Waals surface area contributed by atoms with Gasteiger partial charge in [0.1, 0.15) is 0 Å². The molecule has 0 bridgehead atoms. The summed E-state index contributed by atoms with van der Waals surface area (Å²) in [6.45, 7) is 3.59. The summed E-state index contributed by atoms with van der Waals surface area (Å²) in [5, 5.41) is 16.3. The molecule has 5 nitrogen and oxygen atoms in total. The Bertz CT molecular complexity index is 539. The second-order valence-electron chi connectivity index (χ2n) is 5.30. The number of phenolic OH excluding ortho intramolecular Hbond substituents is 1. The molecule has 0 saturated carbocycles. The monoisotopic (exact) mass is 431 g/mol. The maximum absolute atomic E-state index is 9.60. The molecule has 0 amide bonds. The van der Waals surface area contributed by atoms with Gasteiger partial charge in [-0.15, -0.1) is 24.0 Å². The summed E-state index contributed by atoms with van der Waals surface area (Å²) in [6, 6.07) is 5.86. The number of rotatable bonds is 6. The molecule has 0 fully saturated rings. The van der Waals surface area contributed by atoms with Crippen molar-refractivity contribution < 1.29 is 9.84 Å². The summed E-state index contributed by atoms with van der Waals surface area (Å²) in [5.41, 5.74) is 1.09. The minimum atomic E-state index is 0. The largest absolute Gasteiger partial charge is 0.504 e. The van der Waals surface area contributed by atoms with Crippen molar-refractivity contribution in [2.75, 3.05) is 20.2 Å². The van der Waals surface area contributed by atoms with Gasteiger partial charge in [0.2, 0.25) is 0 Å². The fourth-order valence-corrected chi connectivity index (χ4v) is 2.42. The van der Waals surface area contributed by atoms with E-state index in [1.165, 1.54) is 0 Å². The molecule has 3 N–H and O–H groups in total. The van der Waals surface area contributed by atoms with Gasteiger partial charge in [0.25, 0.3) is 0 Å². The summed E-state index contributed by atoms with van der Waals surface area (Å²) in [6.07, 6.45) is 7.31. The molecule has 1 aliphatic rings. The third kappa shape index (κ3) is 6.29. The number of benzene rings is 1. The normalized spacial score (nSPS) is 14.4. The van der Waals surface area contributed by atoms with Crippen molar-refractivity contribution in [2.45, 2.75) is 32.2 Å². The summed E-state index contributed by atoms with van der Waals surface area (Å²) in [5.74, 6) is 1.53. The van der Waals surface area contributed by atoms with Crippen molar-refractivity contribution in [3.05, 3.63) is 35.9 Å². The van der Waals surface area contributed by atoms with Gasteiger partial charge >= 0.3 is 0 Å². The van der Waals surface area contributed by atoms with Crippen molar-refractivity contribution in [2.24, 2.45) is 4.99 Å². The fourth-order valence-electron chi connectivity index (χ4n) is 2.42. The summed E-state index contributed by atoms with van der Waals surface area (Å²) < 4.78 is 5.12. The number of ether oxygens (including phenoxy) is 1. The lowest BCUT2D eigenvalue weighted by Gasteiger charge is -2.16. The van der Waals surface area contributed by atoms with Crippen molar-refractivity contribution in [3.8, 4) is 11.5 Å². The quantitative estimate of drug-likeness (QED) is 0.281. The Labute approximate surface area is 155 Å². The molecular weight excluding hydrogens is 405 g/mol. The van der Waals surface area contributed by atoms with E-state index in [9.17, 15) is 5.11 Å². The lowest BCUT2D eigenvalue weighted by molar-refractivity contribution is 0.373. The molecule has 0 aromatic heterocycles. The zero-order valence-electron chi connectivity index (χ0n) is 13.7. The summed E-state index contributed by atoms with van der Waals surface area (Å²) in [4.78, 5) is 4.61. The van der Waals surface area contributed by atoms with Crippen LogP contribution in [0.1, 0.15) is 25.3 Å². The summed E-state index contributed by atoms with van der Waals surface area (Å²) >= 11 is 0. The topological polar surface area (TPSA) is 65.9 Å². The molecule has 6 heteroatoms. The molecule has 1 aromatic carbocycles. The Kier molecular flexibility index (Phi) is 8.83. The molecule has 0 aliphatic heterocycles. The Morgan fingerprint density at radius 2 is 2.09 bits per heavy atom.